The van der Waals surface area contributed by atoms with Gasteiger partial charge in [0.05, 0.1) is 34.2 Å². The first-order valence-electron chi connectivity index (χ1n) is 17.3. The maximum atomic E-state index is 14.7. The highest BCUT2D eigenvalue weighted by Crippen LogP contribution is 2.42. The van der Waals surface area contributed by atoms with Crippen LogP contribution in [-0.4, -0.2) is 64.2 Å². The molecule has 0 bridgehead atoms. The van der Waals surface area contributed by atoms with E-state index < -0.39 is 58.3 Å². The number of hydrogen-bond donors (Lipinski definition) is 0. The summed E-state index contributed by atoms with van der Waals surface area (Å²) in [7, 11) is 0.851. The van der Waals surface area contributed by atoms with Crippen molar-refractivity contribution < 1.29 is 55.7 Å². The summed E-state index contributed by atoms with van der Waals surface area (Å²) >= 11 is 6.02. The quantitative estimate of drug-likeness (QED) is 0.101. The normalized spacial score (nSPS) is 15.1. The van der Waals surface area contributed by atoms with Crippen LogP contribution in [0, 0.1) is 18.2 Å². The van der Waals surface area contributed by atoms with E-state index in [1.165, 1.54) is 37.0 Å². The third kappa shape index (κ3) is 8.30. The van der Waals surface area contributed by atoms with E-state index in [9.17, 15) is 51.1 Å². The summed E-state index contributed by atoms with van der Waals surface area (Å²) in [5.41, 5.74) is -5.28. The number of terminal acetylenes is 1. The van der Waals surface area contributed by atoms with Crippen LogP contribution in [0.5, 0.6) is 5.75 Å². The van der Waals surface area contributed by atoms with Gasteiger partial charge >= 0.3 is 23.8 Å². The Labute approximate surface area is 331 Å². The Morgan fingerprint density at radius 3 is 2.22 bits per heavy atom. The van der Waals surface area contributed by atoms with Gasteiger partial charge in [-0.25, -0.2) is 28.2 Å². The Morgan fingerprint density at radius 2 is 1.64 bits per heavy atom. The SMILES string of the molecule is C#CCN1C(=O)COc2cc(F)c(N3C(=O)C4=C(CCCC4)C3=O)cc21.C=CCOC(=O)C(C)(C)OC(=O)c1cc(-n2c(=O)cc(C(F)(F)F)n(C)c2=O)ccc1Cl. The number of imide groups is 1. The summed E-state index contributed by atoms with van der Waals surface area (Å²) in [5.74, 6) is -1.55. The van der Waals surface area contributed by atoms with Crippen molar-refractivity contribution in [1.82, 2.24) is 9.13 Å². The van der Waals surface area contributed by atoms with Crippen molar-refractivity contribution >= 4 is 52.6 Å². The Hall–Kier alpha value is -6.48. The average molecular weight is 829 g/mol. The molecule has 3 aromatic rings. The topological polar surface area (TPSA) is 164 Å². The molecule has 1 aliphatic carbocycles. The van der Waals surface area contributed by atoms with Gasteiger partial charge in [0, 0.05) is 30.3 Å². The van der Waals surface area contributed by atoms with E-state index in [0.717, 1.165) is 43.0 Å². The number of nitrogens with zero attached hydrogens (tertiary/aromatic N) is 4. The van der Waals surface area contributed by atoms with E-state index in [-0.39, 0.29) is 69.7 Å². The van der Waals surface area contributed by atoms with E-state index >= 15 is 0 Å². The Kier molecular flexibility index (Phi) is 12.2. The van der Waals surface area contributed by atoms with Crippen LogP contribution in [-0.2, 0) is 41.9 Å². The number of carbonyl (C=O) groups excluding carboxylic acids is 5. The number of benzene rings is 2. The fourth-order valence-electron chi connectivity index (χ4n) is 6.19. The highest BCUT2D eigenvalue weighted by molar-refractivity contribution is 6.34. The molecule has 0 radical (unpaired) electrons. The predicted octanol–water partition coefficient (Wildman–Crippen LogP) is 4.80. The Balaban J connectivity index is 0.000000225. The summed E-state index contributed by atoms with van der Waals surface area (Å²) < 4.78 is 69.7. The lowest BCUT2D eigenvalue weighted by atomic mass is 9.93. The van der Waals surface area contributed by atoms with Crippen molar-refractivity contribution in [2.45, 2.75) is 51.3 Å². The number of rotatable bonds is 8. The maximum Gasteiger partial charge on any atom is 0.431 e. The van der Waals surface area contributed by atoms with Gasteiger partial charge < -0.3 is 14.2 Å². The average Bonchev–Trinajstić information content (AvgIpc) is 3.41. The minimum Gasteiger partial charge on any atom is -0.481 e. The van der Waals surface area contributed by atoms with Crippen LogP contribution < -0.4 is 25.8 Å². The van der Waals surface area contributed by atoms with Gasteiger partial charge in [0.25, 0.3) is 23.3 Å². The molecular weight excluding hydrogens is 796 g/mol. The van der Waals surface area contributed by atoms with Gasteiger partial charge in [0.15, 0.2) is 12.4 Å². The van der Waals surface area contributed by atoms with E-state index in [1.54, 1.807) is 0 Å². The smallest absolute Gasteiger partial charge is 0.431 e. The lowest BCUT2D eigenvalue weighted by molar-refractivity contribution is -0.161. The zero-order valence-corrected chi connectivity index (χ0v) is 31.8. The van der Waals surface area contributed by atoms with Crippen LogP contribution in [0.3, 0.4) is 0 Å². The lowest BCUT2D eigenvalue weighted by Crippen LogP contribution is -2.41. The first kappa shape index (κ1) is 42.7. The molecule has 2 aliphatic heterocycles. The molecule has 304 valence electrons. The fraction of sp³-hybridized carbons (Fsp3) is 0.308. The largest absolute Gasteiger partial charge is 0.481 e. The van der Waals surface area contributed by atoms with Crippen LogP contribution in [0.1, 0.15) is 55.6 Å². The van der Waals surface area contributed by atoms with Gasteiger partial charge in [0.2, 0.25) is 5.60 Å². The monoisotopic (exact) mass is 828 g/mol. The molecule has 0 unspecified atom stereocenters. The maximum absolute atomic E-state index is 14.7. The van der Waals surface area contributed by atoms with Gasteiger partial charge in [-0.15, -0.1) is 6.42 Å². The summed E-state index contributed by atoms with van der Waals surface area (Å²) in [5, 5.41) is -0.147. The second kappa shape index (κ2) is 16.5. The lowest BCUT2D eigenvalue weighted by Gasteiger charge is -2.29. The highest BCUT2D eigenvalue weighted by atomic mass is 35.5. The van der Waals surface area contributed by atoms with Crippen LogP contribution in [0.2, 0.25) is 5.02 Å². The molecule has 6 rings (SSSR count). The molecule has 3 aliphatic rings. The minimum absolute atomic E-state index is 0.0170. The number of hydrogen-bond acceptors (Lipinski definition) is 10. The number of fused-ring (bicyclic) bond motifs is 1. The van der Waals surface area contributed by atoms with Gasteiger partial charge in [0.1, 0.15) is 18.1 Å². The number of halogens is 5. The third-order valence-electron chi connectivity index (χ3n) is 9.06. The van der Waals surface area contributed by atoms with E-state index in [4.69, 9.17) is 32.2 Å². The van der Waals surface area contributed by atoms with Crippen molar-refractivity contribution in [1.29, 1.82) is 0 Å². The first-order valence-corrected chi connectivity index (χ1v) is 17.6. The van der Waals surface area contributed by atoms with Gasteiger partial charge in [-0.2, -0.15) is 13.2 Å². The van der Waals surface area contributed by atoms with Crippen molar-refractivity contribution in [3.05, 3.63) is 103 Å². The van der Waals surface area contributed by atoms with Crippen molar-refractivity contribution in [3.8, 4) is 23.8 Å². The summed E-state index contributed by atoms with van der Waals surface area (Å²) in [6, 6.07) is 5.93. The van der Waals surface area contributed by atoms with Crippen LogP contribution >= 0.6 is 11.6 Å². The summed E-state index contributed by atoms with van der Waals surface area (Å²) in [6.45, 7) is 5.55. The van der Waals surface area contributed by atoms with Crippen molar-refractivity contribution in [2.24, 2.45) is 7.05 Å². The molecular formula is C39H33ClF4N4O10. The molecule has 58 heavy (non-hydrogen) atoms. The second-order valence-corrected chi connectivity index (χ2v) is 13.8. The first-order chi connectivity index (χ1) is 27.2. The molecule has 14 nitrogen and oxygen atoms in total. The standard InChI is InChI=1S/C20H18ClF3N2O6.C19H15FN2O4/c1-5-8-31-17(29)19(2,3)32-16(28)12-9-11(6-7-13(12)21)26-15(27)10-14(20(22,23)24)25(4)18(26)30;1-2-7-21-15-9-14(13(20)8-16(15)26-10-17(21)23)22-18(24)11-5-3-4-6-12(11)19(22)25/h5-7,9-10H,1,8H2,2-4H3;1,8-9H,3-7,10H2. The molecule has 3 heterocycles. The van der Waals surface area contributed by atoms with Crippen LogP contribution in [0.15, 0.2) is 69.8 Å². The molecule has 0 saturated carbocycles. The summed E-state index contributed by atoms with van der Waals surface area (Å²) in [4.78, 5) is 88.9. The number of ether oxygens (including phenoxy) is 3. The molecule has 3 amide bonds. The highest BCUT2D eigenvalue weighted by Gasteiger charge is 2.42. The van der Waals surface area contributed by atoms with Crippen molar-refractivity contribution in [3.63, 3.8) is 0 Å². The molecule has 0 fully saturated rings. The van der Waals surface area contributed by atoms with E-state index in [1.807, 2.05) is 0 Å². The molecule has 1 aromatic heterocycles. The van der Waals surface area contributed by atoms with Gasteiger partial charge in [-0.3, -0.25) is 28.6 Å². The number of anilines is 2. The minimum atomic E-state index is -4.92. The number of amides is 3. The molecule has 0 spiro atoms. The van der Waals surface area contributed by atoms with Crippen molar-refractivity contribution in [2.75, 3.05) is 29.6 Å². The number of carbonyl (C=O) groups is 5. The molecule has 0 saturated heterocycles. The Morgan fingerprint density at radius 1 is 1.00 bits per heavy atom. The number of esters is 2. The van der Waals surface area contributed by atoms with E-state index in [2.05, 4.69) is 12.5 Å². The molecule has 0 N–H and O–H groups in total. The molecule has 19 heteroatoms. The second-order valence-electron chi connectivity index (χ2n) is 13.3. The summed E-state index contributed by atoms with van der Waals surface area (Å²) in [6.07, 6.45) is 4.41. The van der Waals surface area contributed by atoms with Crippen LogP contribution in [0.25, 0.3) is 5.69 Å². The van der Waals surface area contributed by atoms with Gasteiger partial charge in [-0.1, -0.05) is 30.2 Å². The Bertz CT molecular complexity index is 2430. The fourth-order valence-corrected chi connectivity index (χ4v) is 6.38. The third-order valence-corrected chi connectivity index (χ3v) is 9.39. The molecule has 2 aromatic carbocycles. The number of aromatic nitrogens is 2. The van der Waals surface area contributed by atoms with Crippen LogP contribution in [0.4, 0.5) is 28.9 Å². The number of alkyl halides is 3. The molecule has 0 atom stereocenters. The predicted molar refractivity (Wildman–Crippen MR) is 199 cm³/mol. The van der Waals surface area contributed by atoms with Gasteiger partial charge in [-0.05, 0) is 63.8 Å². The zero-order valence-electron chi connectivity index (χ0n) is 31.0. The van der Waals surface area contributed by atoms with E-state index in [0.29, 0.717) is 28.6 Å². The zero-order chi connectivity index (χ0) is 42.9.